The van der Waals surface area contributed by atoms with Crippen LogP contribution in [0.4, 0.5) is 13.2 Å². The highest BCUT2D eigenvalue weighted by Crippen LogP contribution is 2.30. The number of fused-ring (bicyclic) bond motifs is 1. The van der Waals surface area contributed by atoms with Crippen LogP contribution in [0, 0.1) is 0 Å². The summed E-state index contributed by atoms with van der Waals surface area (Å²) in [7, 11) is 0. The third-order valence-electron chi connectivity index (χ3n) is 3.81. The minimum Gasteiger partial charge on any atom is -0.486 e. The van der Waals surface area contributed by atoms with Crippen LogP contribution in [0.15, 0.2) is 48.5 Å². The van der Waals surface area contributed by atoms with Crippen LogP contribution in [0.5, 0.6) is 11.5 Å². The van der Waals surface area contributed by atoms with Gasteiger partial charge in [-0.1, -0.05) is 24.3 Å². The van der Waals surface area contributed by atoms with Crippen LogP contribution in [-0.2, 0) is 11.3 Å². The van der Waals surface area contributed by atoms with Crippen LogP contribution < -0.4 is 14.8 Å². The molecule has 0 radical (unpaired) electrons. The molecule has 1 aliphatic rings. The zero-order valence-corrected chi connectivity index (χ0v) is 14.3. The van der Waals surface area contributed by atoms with Crippen molar-refractivity contribution in [1.29, 1.82) is 0 Å². The lowest BCUT2D eigenvalue weighted by Crippen LogP contribution is -2.40. The molecule has 0 aliphatic carbocycles. The van der Waals surface area contributed by atoms with E-state index in [1.165, 1.54) is 12.1 Å². The van der Waals surface area contributed by atoms with E-state index in [1.807, 2.05) is 18.2 Å². The summed E-state index contributed by atoms with van der Waals surface area (Å²) in [5.74, 6) is 0.995. The number of nitrogens with one attached hydrogen (secondary N) is 1. The Labute approximate surface area is 154 Å². The largest absolute Gasteiger partial charge is 0.486 e. The fourth-order valence-corrected chi connectivity index (χ4v) is 2.51. The molecule has 0 aromatic heterocycles. The lowest BCUT2D eigenvalue weighted by atomic mass is 10.1. The molecule has 27 heavy (non-hydrogen) atoms. The second-order valence-corrected chi connectivity index (χ2v) is 6.01. The Bertz CT molecular complexity index is 777. The van der Waals surface area contributed by atoms with Gasteiger partial charge in [-0.25, -0.2) is 0 Å². The molecular weight excluding hydrogens is 363 g/mol. The standard InChI is InChI=1S/C19H18F3NO4/c20-19(21,22)12-25-10-13-5-7-14(8-6-13)18(24)23-9-15-11-26-16-3-1-2-4-17(16)27-15/h1-8,15H,9-12H2,(H,23,24). The molecular formula is C19H18F3NO4. The smallest absolute Gasteiger partial charge is 0.411 e. The van der Waals surface area contributed by atoms with Crippen LogP contribution in [-0.4, -0.2) is 37.9 Å². The van der Waals surface area contributed by atoms with E-state index in [1.54, 1.807) is 18.2 Å². The first kappa shape index (κ1) is 19.0. The maximum absolute atomic E-state index is 12.2. The van der Waals surface area contributed by atoms with E-state index < -0.39 is 12.8 Å². The molecule has 0 spiro atoms. The van der Waals surface area contributed by atoms with Gasteiger partial charge in [-0.05, 0) is 29.8 Å². The number of ether oxygens (including phenoxy) is 3. The van der Waals surface area contributed by atoms with Crippen LogP contribution in [0.3, 0.4) is 0 Å². The third-order valence-corrected chi connectivity index (χ3v) is 3.81. The van der Waals surface area contributed by atoms with Crippen LogP contribution >= 0.6 is 0 Å². The molecule has 0 bridgehead atoms. The Balaban J connectivity index is 1.46. The van der Waals surface area contributed by atoms with Crippen molar-refractivity contribution in [2.24, 2.45) is 0 Å². The summed E-state index contributed by atoms with van der Waals surface area (Å²) in [6.45, 7) is -0.883. The molecule has 1 amide bonds. The number of para-hydroxylation sites is 2. The van der Waals surface area contributed by atoms with Gasteiger partial charge >= 0.3 is 6.18 Å². The number of carbonyl (C=O) groups is 1. The number of rotatable bonds is 6. The van der Waals surface area contributed by atoms with Crippen molar-refractivity contribution in [3.8, 4) is 11.5 Å². The van der Waals surface area contributed by atoms with Crippen LogP contribution in [0.2, 0.25) is 0 Å². The normalized spacial score (nSPS) is 16.0. The van der Waals surface area contributed by atoms with Gasteiger partial charge in [0, 0.05) is 5.56 Å². The van der Waals surface area contributed by atoms with Crippen molar-refractivity contribution in [3.05, 3.63) is 59.7 Å². The summed E-state index contributed by atoms with van der Waals surface area (Å²) in [5.41, 5.74) is 0.947. The summed E-state index contributed by atoms with van der Waals surface area (Å²) in [4.78, 5) is 12.2. The van der Waals surface area contributed by atoms with E-state index in [9.17, 15) is 18.0 Å². The Morgan fingerprint density at radius 1 is 1.11 bits per heavy atom. The van der Waals surface area contributed by atoms with E-state index in [4.69, 9.17) is 9.47 Å². The minimum absolute atomic E-state index is 0.173. The zero-order valence-electron chi connectivity index (χ0n) is 14.3. The highest BCUT2D eigenvalue weighted by molar-refractivity contribution is 5.94. The van der Waals surface area contributed by atoms with Crippen molar-refractivity contribution >= 4 is 5.91 Å². The highest BCUT2D eigenvalue weighted by atomic mass is 19.4. The van der Waals surface area contributed by atoms with Gasteiger partial charge in [-0.2, -0.15) is 13.2 Å². The van der Waals surface area contributed by atoms with Crippen molar-refractivity contribution < 1.29 is 32.2 Å². The quantitative estimate of drug-likeness (QED) is 0.834. The summed E-state index contributed by atoms with van der Waals surface area (Å²) < 4.78 is 52.1. The van der Waals surface area contributed by atoms with Gasteiger partial charge in [0.05, 0.1) is 13.2 Å². The van der Waals surface area contributed by atoms with Crippen molar-refractivity contribution in [2.75, 3.05) is 19.8 Å². The Morgan fingerprint density at radius 3 is 2.52 bits per heavy atom. The number of alkyl halides is 3. The second kappa shape index (κ2) is 8.30. The minimum atomic E-state index is -4.36. The number of carbonyl (C=O) groups excluding carboxylic acids is 1. The van der Waals surface area contributed by atoms with E-state index in [-0.39, 0.29) is 25.2 Å². The second-order valence-electron chi connectivity index (χ2n) is 6.01. The third kappa shape index (κ3) is 5.62. The van der Waals surface area contributed by atoms with Crippen molar-refractivity contribution in [1.82, 2.24) is 5.32 Å². The van der Waals surface area contributed by atoms with Crippen molar-refractivity contribution in [2.45, 2.75) is 18.9 Å². The zero-order chi connectivity index (χ0) is 19.3. The molecule has 0 fully saturated rings. The lowest BCUT2D eigenvalue weighted by molar-refractivity contribution is -0.176. The molecule has 0 saturated heterocycles. The first-order valence-corrected chi connectivity index (χ1v) is 8.31. The number of benzene rings is 2. The first-order valence-electron chi connectivity index (χ1n) is 8.31. The topological polar surface area (TPSA) is 56.8 Å². The molecule has 1 heterocycles. The fourth-order valence-electron chi connectivity index (χ4n) is 2.51. The van der Waals surface area contributed by atoms with Gasteiger partial charge < -0.3 is 19.5 Å². The number of hydrogen-bond acceptors (Lipinski definition) is 4. The van der Waals surface area contributed by atoms with E-state index in [2.05, 4.69) is 10.1 Å². The van der Waals surface area contributed by atoms with Gasteiger partial charge in [-0.15, -0.1) is 0 Å². The molecule has 144 valence electrons. The molecule has 2 aromatic carbocycles. The van der Waals surface area contributed by atoms with Crippen LogP contribution in [0.25, 0.3) is 0 Å². The van der Waals surface area contributed by atoms with Gasteiger partial charge in [0.25, 0.3) is 5.91 Å². The Hall–Kier alpha value is -2.74. The summed E-state index contributed by atoms with van der Waals surface area (Å²) in [6, 6.07) is 13.5. The molecule has 1 unspecified atom stereocenters. The van der Waals surface area contributed by atoms with Crippen LogP contribution in [0.1, 0.15) is 15.9 Å². The summed E-state index contributed by atoms with van der Waals surface area (Å²) in [5, 5.41) is 2.76. The number of amides is 1. The van der Waals surface area contributed by atoms with Gasteiger partial charge in [0.1, 0.15) is 19.3 Å². The molecule has 3 rings (SSSR count). The van der Waals surface area contributed by atoms with E-state index in [0.717, 1.165) is 0 Å². The molecule has 1 atom stereocenters. The number of halogens is 3. The highest BCUT2D eigenvalue weighted by Gasteiger charge is 2.27. The average Bonchev–Trinajstić information content (AvgIpc) is 2.65. The average molecular weight is 381 g/mol. The molecule has 0 saturated carbocycles. The molecule has 1 aliphatic heterocycles. The first-order chi connectivity index (χ1) is 12.9. The molecule has 1 N–H and O–H groups in total. The van der Waals surface area contributed by atoms with E-state index in [0.29, 0.717) is 29.2 Å². The monoisotopic (exact) mass is 381 g/mol. The van der Waals surface area contributed by atoms with Gasteiger partial charge in [-0.3, -0.25) is 4.79 Å². The maximum Gasteiger partial charge on any atom is 0.411 e. The Kier molecular flexibility index (Phi) is 5.85. The molecule has 2 aromatic rings. The predicted molar refractivity (Wildman–Crippen MR) is 90.8 cm³/mol. The molecule has 5 nitrogen and oxygen atoms in total. The summed E-state index contributed by atoms with van der Waals surface area (Å²) >= 11 is 0. The van der Waals surface area contributed by atoms with E-state index >= 15 is 0 Å². The van der Waals surface area contributed by atoms with Gasteiger partial charge in [0.15, 0.2) is 11.5 Å². The molecule has 8 heteroatoms. The summed E-state index contributed by atoms with van der Waals surface area (Å²) in [6.07, 6.45) is -4.66. The van der Waals surface area contributed by atoms with Gasteiger partial charge in [0.2, 0.25) is 0 Å². The number of hydrogen-bond donors (Lipinski definition) is 1. The Morgan fingerprint density at radius 2 is 1.81 bits per heavy atom. The lowest BCUT2D eigenvalue weighted by Gasteiger charge is -2.26. The predicted octanol–water partition coefficient (Wildman–Crippen LogP) is 3.34. The fraction of sp³-hybridized carbons (Fsp3) is 0.316. The maximum atomic E-state index is 12.2. The van der Waals surface area contributed by atoms with Crippen molar-refractivity contribution in [3.63, 3.8) is 0 Å². The SMILES string of the molecule is O=C(NCC1COc2ccccc2O1)c1ccc(COCC(F)(F)F)cc1.